The fourth-order valence-electron chi connectivity index (χ4n) is 8.32. The molecule has 8 bridgehead atoms. The van der Waals surface area contributed by atoms with Crippen LogP contribution in [-0.4, -0.2) is 21.6 Å². The van der Waals surface area contributed by atoms with Crippen LogP contribution in [0.4, 0.5) is 0 Å². The zero-order chi connectivity index (χ0) is 37.9. The van der Waals surface area contributed by atoms with Crippen molar-refractivity contribution < 1.29 is 9.53 Å². The third-order valence-electron chi connectivity index (χ3n) is 10.8. The van der Waals surface area contributed by atoms with E-state index >= 15 is 0 Å². The summed E-state index contributed by atoms with van der Waals surface area (Å²) in [5.41, 5.74) is 10.9. The van der Waals surface area contributed by atoms with Crippen LogP contribution < -0.4 is 10.7 Å². The van der Waals surface area contributed by atoms with Crippen LogP contribution in [0, 0.1) is 10.6 Å². The second kappa shape index (κ2) is 13.2. The SMILES string of the molecule is O=C(OC1=C2N=c3c1c(-c1ccccc1)c1ccccc1c3=c1ccc([nH]1)=C(c1ccccc1)C1=NC(=C(c3ccccc3)c3ccc2[nH]3)C=C1)c1ccccc1. The number of esters is 1. The number of allylic oxidation sites excluding steroid dienone is 2. The Labute approximate surface area is 327 Å². The van der Waals surface area contributed by atoms with Crippen molar-refractivity contribution in [3.63, 3.8) is 0 Å². The van der Waals surface area contributed by atoms with Crippen LogP contribution in [-0.2, 0) is 4.74 Å². The summed E-state index contributed by atoms with van der Waals surface area (Å²) >= 11 is 0. The molecular weight excluding hydrogens is 701 g/mol. The Morgan fingerprint density at radius 3 is 1.81 bits per heavy atom. The number of benzene rings is 6. The summed E-state index contributed by atoms with van der Waals surface area (Å²) in [6.45, 7) is 0. The molecule has 0 saturated carbocycles. The second-order valence-corrected chi connectivity index (χ2v) is 14.2. The molecule has 2 aromatic heterocycles. The smallest absolute Gasteiger partial charge is 0.343 e. The van der Waals surface area contributed by atoms with Crippen LogP contribution >= 0.6 is 0 Å². The number of ether oxygens (including phenoxy) is 1. The first kappa shape index (κ1) is 32.6. The van der Waals surface area contributed by atoms with E-state index in [0.29, 0.717) is 22.7 Å². The third-order valence-corrected chi connectivity index (χ3v) is 10.8. The summed E-state index contributed by atoms with van der Waals surface area (Å²) in [6, 6.07) is 56.8. The van der Waals surface area contributed by atoms with Crippen molar-refractivity contribution >= 4 is 45.1 Å². The van der Waals surface area contributed by atoms with Gasteiger partial charge in [0.05, 0.1) is 33.6 Å². The molecule has 6 aromatic carbocycles. The van der Waals surface area contributed by atoms with Crippen molar-refractivity contribution in [3.05, 3.63) is 243 Å². The average Bonchev–Trinajstić information content (AvgIpc) is 4.10. The average molecular weight is 733 g/mol. The summed E-state index contributed by atoms with van der Waals surface area (Å²) < 4.78 is 6.60. The van der Waals surface area contributed by atoms with Crippen LogP contribution in [0.5, 0.6) is 0 Å². The molecule has 6 nitrogen and oxygen atoms in total. The van der Waals surface area contributed by atoms with Crippen LogP contribution in [0.1, 0.15) is 38.4 Å². The molecule has 0 radical (unpaired) electrons. The number of carbonyl (C=O) groups excluding carboxylic acids is 1. The number of rotatable bonds is 5. The normalized spacial score (nSPS) is 14.0. The van der Waals surface area contributed by atoms with Gasteiger partial charge in [0.2, 0.25) is 0 Å². The number of hydrogen-bond acceptors (Lipinski definition) is 4. The van der Waals surface area contributed by atoms with Crippen molar-refractivity contribution in [1.29, 1.82) is 0 Å². The minimum absolute atomic E-state index is 0.392. The molecule has 8 aromatic rings. The van der Waals surface area contributed by atoms with Gasteiger partial charge in [-0.3, -0.25) is 0 Å². The van der Waals surface area contributed by atoms with Crippen molar-refractivity contribution in [2.24, 2.45) is 9.98 Å². The molecule has 0 aliphatic carbocycles. The molecule has 0 spiro atoms. The molecule has 57 heavy (non-hydrogen) atoms. The quantitative estimate of drug-likeness (QED) is 0.173. The van der Waals surface area contributed by atoms with E-state index in [1.54, 1.807) is 12.1 Å². The first-order chi connectivity index (χ1) is 28.2. The first-order valence-corrected chi connectivity index (χ1v) is 19.0. The molecule has 2 N–H and O–H groups in total. The Kier molecular flexibility index (Phi) is 7.54. The molecule has 0 saturated heterocycles. The number of carbonyl (C=O) groups is 1. The van der Waals surface area contributed by atoms with E-state index in [4.69, 9.17) is 14.7 Å². The van der Waals surface area contributed by atoms with Crippen molar-refractivity contribution in [1.82, 2.24) is 9.97 Å². The third kappa shape index (κ3) is 5.38. The fraction of sp³-hybridized carbons (Fsp3) is 0. The molecule has 0 unspecified atom stereocenters. The minimum Gasteiger partial charge on any atom is -0.420 e. The number of nitrogens with zero attached hydrogens (tertiary/aromatic N) is 2. The van der Waals surface area contributed by atoms with Crippen molar-refractivity contribution in [2.75, 3.05) is 0 Å². The number of fused-ring (bicyclic) bond motifs is 9. The Balaban J connectivity index is 1.33. The van der Waals surface area contributed by atoms with E-state index < -0.39 is 5.97 Å². The maximum atomic E-state index is 14.2. The van der Waals surface area contributed by atoms with E-state index in [0.717, 1.165) is 88.1 Å². The van der Waals surface area contributed by atoms with Gasteiger partial charge in [-0.1, -0.05) is 133 Å². The number of hydrogen-bond donors (Lipinski definition) is 2. The molecule has 0 atom stereocenters. The van der Waals surface area contributed by atoms with Gasteiger partial charge in [-0.15, -0.1) is 0 Å². The van der Waals surface area contributed by atoms with E-state index in [2.05, 4.69) is 113 Å². The van der Waals surface area contributed by atoms with E-state index in [-0.39, 0.29) is 0 Å². The van der Waals surface area contributed by atoms with Gasteiger partial charge in [0, 0.05) is 38.3 Å². The lowest BCUT2D eigenvalue weighted by atomic mass is 9.90. The number of nitrogens with one attached hydrogen (secondary N) is 2. The van der Waals surface area contributed by atoms with Gasteiger partial charge < -0.3 is 14.7 Å². The molecular formula is C51H32N4O2. The number of aromatic nitrogens is 2. The Hall–Kier alpha value is -7.83. The maximum Gasteiger partial charge on any atom is 0.343 e. The van der Waals surface area contributed by atoms with Gasteiger partial charge in [-0.25, -0.2) is 14.8 Å². The lowest BCUT2D eigenvalue weighted by Crippen LogP contribution is -2.16. The maximum absolute atomic E-state index is 14.2. The number of H-pyrrole nitrogens is 2. The topological polar surface area (TPSA) is 82.6 Å². The minimum atomic E-state index is -0.463. The van der Waals surface area contributed by atoms with Crippen molar-refractivity contribution in [3.8, 4) is 11.1 Å². The molecule has 0 fully saturated rings. The van der Waals surface area contributed by atoms with E-state index in [1.165, 1.54) is 0 Å². The van der Waals surface area contributed by atoms with E-state index in [1.807, 2.05) is 66.7 Å². The fourth-order valence-corrected chi connectivity index (χ4v) is 8.32. The summed E-state index contributed by atoms with van der Waals surface area (Å²) in [4.78, 5) is 32.5. The molecule has 5 heterocycles. The Morgan fingerprint density at radius 2 is 1.09 bits per heavy atom. The van der Waals surface area contributed by atoms with Crippen molar-refractivity contribution in [2.45, 2.75) is 0 Å². The monoisotopic (exact) mass is 732 g/mol. The highest BCUT2D eigenvalue weighted by Gasteiger charge is 2.31. The van der Waals surface area contributed by atoms with E-state index in [9.17, 15) is 4.79 Å². The van der Waals surface area contributed by atoms with Crippen LogP contribution in [0.25, 0.3) is 44.5 Å². The van der Waals surface area contributed by atoms with Gasteiger partial charge in [-0.2, -0.15) is 0 Å². The second-order valence-electron chi connectivity index (χ2n) is 14.2. The summed E-state index contributed by atoms with van der Waals surface area (Å²) in [7, 11) is 0. The lowest BCUT2D eigenvalue weighted by Gasteiger charge is -2.16. The van der Waals surface area contributed by atoms with Gasteiger partial charge in [0.15, 0.2) is 5.76 Å². The predicted octanol–water partition coefficient (Wildman–Crippen LogP) is 9.75. The zero-order valence-electron chi connectivity index (χ0n) is 30.5. The van der Waals surface area contributed by atoms with Gasteiger partial charge >= 0.3 is 5.97 Å². The largest absolute Gasteiger partial charge is 0.420 e. The molecule has 3 aliphatic heterocycles. The number of aromatic amines is 2. The molecule has 0 amide bonds. The summed E-state index contributed by atoms with van der Waals surface area (Å²) in [5, 5.41) is 5.48. The Morgan fingerprint density at radius 1 is 0.491 bits per heavy atom. The Bertz CT molecular complexity index is 3300. The summed E-state index contributed by atoms with van der Waals surface area (Å²) in [5.74, 6) is -0.0705. The van der Waals surface area contributed by atoms with Crippen LogP contribution in [0.15, 0.2) is 198 Å². The molecule has 6 heteroatoms. The summed E-state index contributed by atoms with van der Waals surface area (Å²) in [6.07, 6.45) is 4.19. The van der Waals surface area contributed by atoms with Gasteiger partial charge in [0.1, 0.15) is 5.70 Å². The standard InChI is InChI=1S/C51H32N4O2/c56-51(34-21-11-4-12-22-34)57-50-47-43(31-15-5-1-6-16-31)35-23-13-14-24-36(35)46-41-28-27-39(53-41)44(32-17-7-2-8-18-32)37-25-26-38(52-37)45(33-19-9-3-10-20-33)40-29-30-42(54-40)48(50)55-49(46)47/h1-30,53-54H. The highest BCUT2D eigenvalue weighted by molar-refractivity contribution is 6.30. The highest BCUT2D eigenvalue weighted by Crippen LogP contribution is 2.42. The highest BCUT2D eigenvalue weighted by atomic mass is 16.5. The number of aliphatic imine (C=N–C) groups is 1. The molecule has 11 rings (SSSR count). The lowest BCUT2D eigenvalue weighted by molar-refractivity contribution is 0.0693. The zero-order valence-corrected chi connectivity index (χ0v) is 30.5. The predicted molar refractivity (Wildman–Crippen MR) is 226 cm³/mol. The molecule has 3 aliphatic rings. The van der Waals surface area contributed by atoms with Crippen LogP contribution in [0.2, 0.25) is 0 Å². The molecule has 268 valence electrons. The van der Waals surface area contributed by atoms with Gasteiger partial charge in [-0.05, 0) is 76.0 Å². The van der Waals surface area contributed by atoms with Crippen LogP contribution in [0.3, 0.4) is 0 Å². The first-order valence-electron chi connectivity index (χ1n) is 19.0. The van der Waals surface area contributed by atoms with Gasteiger partial charge in [0.25, 0.3) is 0 Å².